The standard InChI is InChI=1S/C9H19NO/c1-4-6-7-9(10-11)8(3)5-2/h5,8-11H,2,4,6-7H2,1,3H3/t8-,9+/m0/s1. The fraction of sp³-hybridized carbons (Fsp3) is 0.778. The minimum atomic E-state index is 0.174. The van der Waals surface area contributed by atoms with E-state index in [1.807, 2.05) is 6.08 Å². The van der Waals surface area contributed by atoms with Gasteiger partial charge in [0.15, 0.2) is 0 Å². The van der Waals surface area contributed by atoms with Gasteiger partial charge < -0.3 is 5.21 Å². The van der Waals surface area contributed by atoms with Crippen LogP contribution in [-0.2, 0) is 0 Å². The number of hydroxylamine groups is 1. The van der Waals surface area contributed by atoms with E-state index in [0.717, 1.165) is 12.8 Å². The number of hydrogen-bond donors (Lipinski definition) is 2. The monoisotopic (exact) mass is 157 g/mol. The van der Waals surface area contributed by atoms with Crippen molar-refractivity contribution in [1.82, 2.24) is 5.48 Å². The van der Waals surface area contributed by atoms with Crippen molar-refractivity contribution in [1.29, 1.82) is 0 Å². The summed E-state index contributed by atoms with van der Waals surface area (Å²) in [7, 11) is 0. The van der Waals surface area contributed by atoms with Gasteiger partial charge in [-0.15, -0.1) is 6.58 Å². The van der Waals surface area contributed by atoms with Gasteiger partial charge in [-0.1, -0.05) is 32.8 Å². The lowest BCUT2D eigenvalue weighted by molar-refractivity contribution is 0.104. The zero-order chi connectivity index (χ0) is 8.69. The van der Waals surface area contributed by atoms with Gasteiger partial charge in [0.1, 0.15) is 0 Å². The van der Waals surface area contributed by atoms with E-state index in [9.17, 15) is 0 Å². The van der Waals surface area contributed by atoms with Crippen LogP contribution in [0.15, 0.2) is 12.7 Å². The predicted molar refractivity (Wildman–Crippen MR) is 47.6 cm³/mol. The van der Waals surface area contributed by atoms with Crippen molar-refractivity contribution in [3.63, 3.8) is 0 Å². The first-order chi connectivity index (χ1) is 5.26. The fourth-order valence-electron chi connectivity index (χ4n) is 1.03. The van der Waals surface area contributed by atoms with Crippen molar-refractivity contribution < 1.29 is 5.21 Å². The van der Waals surface area contributed by atoms with Crippen LogP contribution in [0.2, 0.25) is 0 Å². The van der Waals surface area contributed by atoms with Crippen LogP contribution >= 0.6 is 0 Å². The van der Waals surface area contributed by atoms with Crippen LogP contribution in [0.25, 0.3) is 0 Å². The van der Waals surface area contributed by atoms with Crippen molar-refractivity contribution in [3.8, 4) is 0 Å². The van der Waals surface area contributed by atoms with E-state index in [1.165, 1.54) is 6.42 Å². The zero-order valence-corrected chi connectivity index (χ0v) is 7.51. The highest BCUT2D eigenvalue weighted by molar-refractivity contribution is 4.83. The molecule has 0 fully saturated rings. The van der Waals surface area contributed by atoms with Gasteiger partial charge in [-0.2, -0.15) is 0 Å². The third-order valence-corrected chi connectivity index (χ3v) is 2.04. The molecular formula is C9H19NO. The molecule has 0 bridgehead atoms. The van der Waals surface area contributed by atoms with Gasteiger partial charge in [0.2, 0.25) is 0 Å². The highest BCUT2D eigenvalue weighted by atomic mass is 16.5. The van der Waals surface area contributed by atoms with Crippen LogP contribution in [0, 0.1) is 5.92 Å². The van der Waals surface area contributed by atoms with E-state index in [4.69, 9.17) is 5.21 Å². The van der Waals surface area contributed by atoms with E-state index in [1.54, 1.807) is 0 Å². The summed E-state index contributed by atoms with van der Waals surface area (Å²) in [5.74, 6) is 0.339. The second-order valence-electron chi connectivity index (χ2n) is 2.97. The quantitative estimate of drug-likeness (QED) is 0.458. The molecule has 0 aromatic rings. The summed E-state index contributed by atoms with van der Waals surface area (Å²) in [5.41, 5.74) is 2.32. The largest absolute Gasteiger partial charge is 0.317 e. The molecule has 11 heavy (non-hydrogen) atoms. The molecule has 0 aliphatic carbocycles. The number of hydrogen-bond acceptors (Lipinski definition) is 2. The van der Waals surface area contributed by atoms with Crippen LogP contribution in [0.1, 0.15) is 33.1 Å². The van der Waals surface area contributed by atoms with Gasteiger partial charge >= 0.3 is 0 Å². The highest BCUT2D eigenvalue weighted by Gasteiger charge is 2.11. The summed E-state index contributed by atoms with van der Waals surface area (Å²) in [6, 6.07) is 0.174. The summed E-state index contributed by atoms with van der Waals surface area (Å²) in [6.45, 7) is 7.88. The number of unbranched alkanes of at least 4 members (excludes halogenated alkanes) is 1. The molecule has 2 N–H and O–H groups in total. The van der Waals surface area contributed by atoms with E-state index in [2.05, 4.69) is 25.9 Å². The van der Waals surface area contributed by atoms with Gasteiger partial charge in [-0.3, -0.25) is 0 Å². The van der Waals surface area contributed by atoms with Gasteiger partial charge in [0.05, 0.1) is 0 Å². The number of nitrogens with one attached hydrogen (secondary N) is 1. The summed E-state index contributed by atoms with van der Waals surface area (Å²) < 4.78 is 0. The minimum Gasteiger partial charge on any atom is -0.317 e. The molecule has 0 aromatic carbocycles. The molecule has 0 aliphatic rings. The van der Waals surface area contributed by atoms with Crippen LogP contribution in [0.4, 0.5) is 0 Å². The molecule has 0 saturated heterocycles. The zero-order valence-electron chi connectivity index (χ0n) is 7.51. The Balaban J connectivity index is 3.64. The first kappa shape index (κ1) is 10.7. The second-order valence-corrected chi connectivity index (χ2v) is 2.97. The normalized spacial score (nSPS) is 15.9. The van der Waals surface area contributed by atoms with Crippen molar-refractivity contribution in [2.75, 3.05) is 0 Å². The molecular weight excluding hydrogens is 138 g/mol. The minimum absolute atomic E-state index is 0.174. The highest BCUT2D eigenvalue weighted by Crippen LogP contribution is 2.10. The fourth-order valence-corrected chi connectivity index (χ4v) is 1.03. The Morgan fingerprint density at radius 1 is 1.64 bits per heavy atom. The Morgan fingerprint density at radius 3 is 2.64 bits per heavy atom. The number of rotatable bonds is 6. The summed E-state index contributed by atoms with van der Waals surface area (Å²) in [5, 5.41) is 8.76. The Bertz CT molecular complexity index is 104. The van der Waals surface area contributed by atoms with Crippen LogP contribution in [0.3, 0.4) is 0 Å². The molecule has 2 nitrogen and oxygen atoms in total. The summed E-state index contributed by atoms with van der Waals surface area (Å²) >= 11 is 0. The summed E-state index contributed by atoms with van der Waals surface area (Å²) in [6.07, 6.45) is 5.20. The van der Waals surface area contributed by atoms with Crippen molar-refractivity contribution in [2.24, 2.45) is 5.92 Å². The molecule has 0 heterocycles. The maximum absolute atomic E-state index is 8.76. The Kier molecular flexibility index (Phi) is 6.18. The molecule has 2 heteroatoms. The molecule has 66 valence electrons. The molecule has 0 aromatic heterocycles. The SMILES string of the molecule is C=C[C@H](C)[C@@H](CCCC)NO. The maximum Gasteiger partial charge on any atom is 0.0379 e. The predicted octanol–water partition coefficient (Wildman–Crippen LogP) is 2.35. The summed E-state index contributed by atoms with van der Waals surface area (Å²) in [4.78, 5) is 0. The third-order valence-electron chi connectivity index (χ3n) is 2.04. The molecule has 0 spiro atoms. The van der Waals surface area contributed by atoms with Crippen LogP contribution < -0.4 is 5.48 Å². The van der Waals surface area contributed by atoms with E-state index in [0.29, 0.717) is 5.92 Å². The van der Waals surface area contributed by atoms with Crippen molar-refractivity contribution in [2.45, 2.75) is 39.2 Å². The average molecular weight is 157 g/mol. The van der Waals surface area contributed by atoms with E-state index >= 15 is 0 Å². The molecule has 0 aliphatic heterocycles. The maximum atomic E-state index is 8.76. The van der Waals surface area contributed by atoms with Crippen LogP contribution in [0.5, 0.6) is 0 Å². The lowest BCUT2D eigenvalue weighted by atomic mass is 9.98. The van der Waals surface area contributed by atoms with Gasteiger partial charge in [-0.05, 0) is 12.3 Å². The molecule has 0 amide bonds. The average Bonchev–Trinajstić information content (AvgIpc) is 2.05. The van der Waals surface area contributed by atoms with E-state index < -0.39 is 0 Å². The molecule has 0 saturated carbocycles. The van der Waals surface area contributed by atoms with Gasteiger partial charge in [0.25, 0.3) is 0 Å². The molecule has 2 atom stereocenters. The molecule has 0 rings (SSSR count). The van der Waals surface area contributed by atoms with Gasteiger partial charge in [0, 0.05) is 6.04 Å². The molecule has 0 radical (unpaired) electrons. The third kappa shape index (κ3) is 4.17. The Labute approximate surface area is 69.3 Å². The lowest BCUT2D eigenvalue weighted by Crippen LogP contribution is -2.31. The van der Waals surface area contributed by atoms with E-state index in [-0.39, 0.29) is 6.04 Å². The molecule has 0 unspecified atom stereocenters. The van der Waals surface area contributed by atoms with Crippen molar-refractivity contribution in [3.05, 3.63) is 12.7 Å². The topological polar surface area (TPSA) is 32.3 Å². The Hall–Kier alpha value is -0.340. The first-order valence-corrected chi connectivity index (χ1v) is 4.28. The first-order valence-electron chi connectivity index (χ1n) is 4.28. The smallest absolute Gasteiger partial charge is 0.0379 e. The van der Waals surface area contributed by atoms with Crippen LogP contribution in [-0.4, -0.2) is 11.2 Å². The van der Waals surface area contributed by atoms with Gasteiger partial charge in [-0.25, -0.2) is 5.48 Å². The lowest BCUT2D eigenvalue weighted by Gasteiger charge is -2.18. The second kappa shape index (κ2) is 6.38. The van der Waals surface area contributed by atoms with Crippen molar-refractivity contribution >= 4 is 0 Å². The Morgan fingerprint density at radius 2 is 2.27 bits per heavy atom.